The molecule has 5 heteroatoms. The third kappa shape index (κ3) is 5.37. The molecule has 1 fully saturated rings. The van der Waals surface area contributed by atoms with Crippen molar-refractivity contribution in [2.75, 3.05) is 19.6 Å². The van der Waals surface area contributed by atoms with Crippen LogP contribution in [0.4, 0.5) is 0 Å². The van der Waals surface area contributed by atoms with E-state index >= 15 is 0 Å². The van der Waals surface area contributed by atoms with Crippen molar-refractivity contribution in [3.8, 4) is 11.4 Å². The maximum atomic E-state index is 13.4. The number of hydrogen-bond acceptors (Lipinski definition) is 3. The van der Waals surface area contributed by atoms with E-state index in [9.17, 15) is 4.79 Å². The summed E-state index contributed by atoms with van der Waals surface area (Å²) in [5.74, 6) is 0.981. The van der Waals surface area contributed by atoms with Gasteiger partial charge in [0, 0.05) is 31.0 Å². The van der Waals surface area contributed by atoms with E-state index in [-0.39, 0.29) is 23.9 Å². The molecule has 0 aliphatic carbocycles. The Morgan fingerprint density at radius 1 is 1.00 bits per heavy atom. The van der Waals surface area contributed by atoms with Gasteiger partial charge in [-0.15, -0.1) is 0 Å². The number of carbonyl (C=O) groups is 1. The SMILES string of the molecule is CCc1ccccc1C1(C)CCN(C(=O)CNC(c2ccccc2)c2ccccc2-c2ncc[nH]2)CC1. The molecule has 190 valence electrons. The normalized spacial score (nSPS) is 15.9. The Labute approximate surface area is 220 Å². The zero-order valence-electron chi connectivity index (χ0n) is 21.8. The van der Waals surface area contributed by atoms with Crippen LogP contribution >= 0.6 is 0 Å². The van der Waals surface area contributed by atoms with Crippen molar-refractivity contribution in [1.82, 2.24) is 20.2 Å². The van der Waals surface area contributed by atoms with Crippen LogP contribution in [0.5, 0.6) is 0 Å². The molecule has 2 N–H and O–H groups in total. The van der Waals surface area contributed by atoms with Crippen LogP contribution in [0.1, 0.15) is 55.0 Å². The molecule has 1 aliphatic heterocycles. The Morgan fingerprint density at radius 3 is 2.43 bits per heavy atom. The molecule has 37 heavy (non-hydrogen) atoms. The Bertz CT molecular complexity index is 1310. The van der Waals surface area contributed by atoms with Crippen molar-refractivity contribution in [3.63, 3.8) is 0 Å². The summed E-state index contributed by atoms with van der Waals surface area (Å²) in [6.45, 7) is 6.44. The number of benzene rings is 3. The number of nitrogens with zero attached hydrogens (tertiary/aromatic N) is 2. The van der Waals surface area contributed by atoms with E-state index in [1.165, 1.54) is 11.1 Å². The first-order valence-electron chi connectivity index (χ1n) is 13.3. The molecule has 2 heterocycles. The molecule has 3 aromatic carbocycles. The van der Waals surface area contributed by atoms with E-state index in [0.29, 0.717) is 0 Å². The molecular weight excluding hydrogens is 456 g/mol. The summed E-state index contributed by atoms with van der Waals surface area (Å²) in [5, 5.41) is 3.59. The summed E-state index contributed by atoms with van der Waals surface area (Å²) in [5.41, 5.74) is 6.24. The molecule has 5 nitrogen and oxygen atoms in total. The predicted molar refractivity (Wildman–Crippen MR) is 149 cm³/mol. The second kappa shape index (κ2) is 11.1. The first-order valence-corrected chi connectivity index (χ1v) is 13.3. The minimum Gasteiger partial charge on any atom is -0.345 e. The van der Waals surface area contributed by atoms with Crippen LogP contribution < -0.4 is 5.32 Å². The summed E-state index contributed by atoms with van der Waals surface area (Å²) >= 11 is 0. The van der Waals surface area contributed by atoms with E-state index < -0.39 is 0 Å². The molecule has 0 radical (unpaired) electrons. The second-order valence-corrected chi connectivity index (χ2v) is 10.2. The van der Waals surface area contributed by atoms with E-state index in [1.54, 1.807) is 6.20 Å². The fraction of sp³-hybridized carbons (Fsp3) is 0.312. The van der Waals surface area contributed by atoms with Gasteiger partial charge in [-0.2, -0.15) is 0 Å². The van der Waals surface area contributed by atoms with Crippen LogP contribution in [0.25, 0.3) is 11.4 Å². The summed E-state index contributed by atoms with van der Waals surface area (Å²) in [4.78, 5) is 23.1. The molecule has 0 spiro atoms. The maximum Gasteiger partial charge on any atom is 0.236 e. The lowest BCUT2D eigenvalue weighted by molar-refractivity contribution is -0.131. The van der Waals surface area contributed by atoms with Crippen molar-refractivity contribution in [3.05, 3.63) is 114 Å². The van der Waals surface area contributed by atoms with Gasteiger partial charge in [0.2, 0.25) is 5.91 Å². The first kappa shape index (κ1) is 25.0. The molecule has 0 bridgehead atoms. The number of hydrogen-bond donors (Lipinski definition) is 2. The Kier molecular flexibility index (Phi) is 7.52. The molecule has 1 atom stereocenters. The van der Waals surface area contributed by atoms with E-state index in [2.05, 4.69) is 77.7 Å². The molecule has 5 rings (SSSR count). The quantitative estimate of drug-likeness (QED) is 0.322. The van der Waals surface area contributed by atoms with E-state index in [0.717, 1.165) is 54.9 Å². The zero-order chi connectivity index (χ0) is 25.7. The molecule has 1 unspecified atom stereocenters. The molecule has 1 aromatic heterocycles. The lowest BCUT2D eigenvalue weighted by Crippen LogP contribution is -2.47. The number of aromatic amines is 1. The summed E-state index contributed by atoms with van der Waals surface area (Å²) in [7, 11) is 0. The predicted octanol–water partition coefficient (Wildman–Crippen LogP) is 5.90. The molecule has 1 aliphatic rings. The van der Waals surface area contributed by atoms with Crippen molar-refractivity contribution < 1.29 is 4.79 Å². The number of likely N-dealkylation sites (tertiary alicyclic amines) is 1. The summed E-state index contributed by atoms with van der Waals surface area (Å²) in [6, 6.07) is 27.2. The van der Waals surface area contributed by atoms with Gasteiger partial charge in [-0.1, -0.05) is 92.7 Å². The van der Waals surface area contributed by atoms with Crippen molar-refractivity contribution in [1.29, 1.82) is 0 Å². The standard InChI is InChI=1S/C32H36N4O/c1-3-24-11-7-10-16-28(24)32(2)17-21-36(22-18-32)29(37)23-35-30(25-12-5-4-6-13-25)26-14-8-9-15-27(26)31-33-19-20-34-31/h4-16,19-20,30,35H,3,17-18,21-23H2,1-2H3,(H,33,34). The van der Waals surface area contributed by atoms with Crippen molar-refractivity contribution in [2.24, 2.45) is 0 Å². The number of amides is 1. The number of piperidine rings is 1. The Balaban J connectivity index is 1.31. The number of carbonyl (C=O) groups excluding carboxylic acids is 1. The number of aryl methyl sites for hydroxylation is 1. The lowest BCUT2D eigenvalue weighted by Gasteiger charge is -2.41. The highest BCUT2D eigenvalue weighted by molar-refractivity contribution is 5.78. The number of rotatable bonds is 8. The topological polar surface area (TPSA) is 61.0 Å². The average Bonchev–Trinajstić information content (AvgIpc) is 3.49. The third-order valence-electron chi connectivity index (χ3n) is 7.88. The highest BCUT2D eigenvalue weighted by Crippen LogP contribution is 2.37. The summed E-state index contributed by atoms with van der Waals surface area (Å²) in [6.07, 6.45) is 6.62. The van der Waals surface area contributed by atoms with Crippen LogP contribution in [0.2, 0.25) is 0 Å². The molecule has 1 amide bonds. The highest BCUT2D eigenvalue weighted by Gasteiger charge is 2.34. The molecule has 1 saturated heterocycles. The number of aromatic nitrogens is 2. The van der Waals surface area contributed by atoms with Gasteiger partial charge in [-0.05, 0) is 46.9 Å². The van der Waals surface area contributed by atoms with Crippen LogP contribution in [0.15, 0.2) is 91.3 Å². The second-order valence-electron chi connectivity index (χ2n) is 10.2. The Morgan fingerprint density at radius 2 is 1.70 bits per heavy atom. The van der Waals surface area contributed by atoms with Gasteiger partial charge in [-0.25, -0.2) is 4.98 Å². The van der Waals surface area contributed by atoms with Crippen molar-refractivity contribution in [2.45, 2.75) is 44.6 Å². The minimum absolute atomic E-state index is 0.116. The van der Waals surface area contributed by atoms with Crippen LogP contribution in [0.3, 0.4) is 0 Å². The number of H-pyrrole nitrogens is 1. The van der Waals surface area contributed by atoms with Crippen LogP contribution in [-0.4, -0.2) is 40.4 Å². The highest BCUT2D eigenvalue weighted by atomic mass is 16.2. The summed E-state index contributed by atoms with van der Waals surface area (Å²) < 4.78 is 0. The minimum atomic E-state index is -0.127. The fourth-order valence-corrected chi connectivity index (χ4v) is 5.67. The third-order valence-corrected chi connectivity index (χ3v) is 7.88. The van der Waals surface area contributed by atoms with Gasteiger partial charge in [0.05, 0.1) is 12.6 Å². The number of nitrogens with one attached hydrogen (secondary N) is 2. The first-order chi connectivity index (χ1) is 18.1. The molecule has 0 saturated carbocycles. The van der Waals surface area contributed by atoms with Gasteiger partial charge in [0.15, 0.2) is 0 Å². The smallest absolute Gasteiger partial charge is 0.236 e. The van der Waals surface area contributed by atoms with Gasteiger partial charge < -0.3 is 9.88 Å². The van der Waals surface area contributed by atoms with Crippen molar-refractivity contribution >= 4 is 5.91 Å². The number of imidazole rings is 1. The Hall–Kier alpha value is -3.70. The lowest BCUT2D eigenvalue weighted by atomic mass is 9.72. The maximum absolute atomic E-state index is 13.4. The largest absolute Gasteiger partial charge is 0.345 e. The molecule has 4 aromatic rings. The van der Waals surface area contributed by atoms with Gasteiger partial charge in [-0.3, -0.25) is 10.1 Å². The van der Waals surface area contributed by atoms with Gasteiger partial charge in [0.25, 0.3) is 0 Å². The average molecular weight is 493 g/mol. The molecular formula is C32H36N4O. The fourth-order valence-electron chi connectivity index (χ4n) is 5.67. The van der Waals surface area contributed by atoms with E-state index in [4.69, 9.17) is 0 Å². The monoisotopic (exact) mass is 492 g/mol. The van der Waals surface area contributed by atoms with Crippen LogP contribution in [-0.2, 0) is 16.6 Å². The zero-order valence-corrected chi connectivity index (χ0v) is 21.8. The van der Waals surface area contributed by atoms with Crippen LogP contribution in [0, 0.1) is 0 Å². The van der Waals surface area contributed by atoms with Gasteiger partial charge in [0.1, 0.15) is 5.82 Å². The van der Waals surface area contributed by atoms with E-state index in [1.807, 2.05) is 41.4 Å². The van der Waals surface area contributed by atoms with Gasteiger partial charge >= 0.3 is 0 Å².